The molecule has 7 nitrogen and oxygen atoms in total. The van der Waals surface area contributed by atoms with E-state index in [4.69, 9.17) is 4.42 Å². The average molecular weight is 517 g/mol. The molecular weight excluding hydrogens is 481 g/mol. The Balaban J connectivity index is 0.00000300. The summed E-state index contributed by atoms with van der Waals surface area (Å²) >= 11 is 0. The fourth-order valence-electron chi connectivity index (χ4n) is 3.97. The molecule has 1 aliphatic carbocycles. The number of guanidine groups is 1. The summed E-state index contributed by atoms with van der Waals surface area (Å²) in [6.45, 7) is 8.37. The molecule has 1 aromatic heterocycles. The minimum absolute atomic E-state index is 0. The molecule has 0 radical (unpaired) electrons. The first-order valence-corrected chi connectivity index (χ1v) is 10.6. The van der Waals surface area contributed by atoms with Gasteiger partial charge < -0.3 is 20.0 Å². The van der Waals surface area contributed by atoms with Crippen molar-refractivity contribution in [3.05, 3.63) is 17.8 Å². The molecule has 3 rings (SSSR count). The molecular formula is C21H36IN5O2. The molecule has 0 spiro atoms. The van der Waals surface area contributed by atoms with Gasteiger partial charge in [-0.3, -0.25) is 9.79 Å². The highest BCUT2D eigenvalue weighted by atomic mass is 127. The molecule has 0 aromatic carbocycles. The number of likely N-dealkylation sites (tertiary alicyclic amines) is 1. The second kappa shape index (κ2) is 10.6. The standard InChI is InChI=1S/C21H35N5O2.HI/c1-21(2,3)17-12-23-18(28-17)13-24-20(22-4)25-16-10-11-26(14-16)19(27)15-8-6-5-7-9-15;/h12,15-16H,5-11,13-14H2,1-4H3,(H2,22,24,25);1H. The third-order valence-corrected chi connectivity index (χ3v) is 5.72. The summed E-state index contributed by atoms with van der Waals surface area (Å²) in [6, 6.07) is 0.230. The number of oxazole rings is 1. The minimum atomic E-state index is -0.0522. The van der Waals surface area contributed by atoms with E-state index in [2.05, 4.69) is 41.4 Å². The summed E-state index contributed by atoms with van der Waals surface area (Å²) in [4.78, 5) is 23.4. The van der Waals surface area contributed by atoms with Gasteiger partial charge in [0.2, 0.25) is 11.8 Å². The molecule has 1 aliphatic heterocycles. The Hall–Kier alpha value is -1.32. The predicted molar refractivity (Wildman–Crippen MR) is 126 cm³/mol. The van der Waals surface area contributed by atoms with Gasteiger partial charge in [0.15, 0.2) is 5.96 Å². The molecule has 1 aromatic rings. The lowest BCUT2D eigenvalue weighted by molar-refractivity contribution is -0.135. The number of nitrogens with one attached hydrogen (secondary N) is 2. The van der Waals surface area contributed by atoms with Crippen molar-refractivity contribution in [1.82, 2.24) is 20.5 Å². The molecule has 1 unspecified atom stereocenters. The van der Waals surface area contributed by atoms with Crippen LogP contribution in [0, 0.1) is 5.92 Å². The third kappa shape index (κ3) is 6.58. The van der Waals surface area contributed by atoms with Crippen molar-refractivity contribution in [3.63, 3.8) is 0 Å². The van der Waals surface area contributed by atoms with Crippen molar-refractivity contribution in [2.45, 2.75) is 77.3 Å². The summed E-state index contributed by atoms with van der Waals surface area (Å²) in [5.41, 5.74) is -0.0522. The zero-order valence-electron chi connectivity index (χ0n) is 18.2. The zero-order chi connectivity index (χ0) is 20.1. The van der Waals surface area contributed by atoms with E-state index in [-0.39, 0.29) is 41.4 Å². The van der Waals surface area contributed by atoms with Crippen molar-refractivity contribution < 1.29 is 9.21 Å². The van der Waals surface area contributed by atoms with Gasteiger partial charge in [0.1, 0.15) is 5.76 Å². The highest BCUT2D eigenvalue weighted by Gasteiger charge is 2.31. The molecule has 8 heteroatoms. The quantitative estimate of drug-likeness (QED) is 0.364. The van der Waals surface area contributed by atoms with Crippen LogP contribution in [0.15, 0.2) is 15.6 Å². The SMILES string of the molecule is CN=C(NCc1ncc(C(C)(C)C)o1)NC1CCN(C(=O)C2CCCCC2)C1.I. The van der Waals surface area contributed by atoms with Gasteiger partial charge in [0, 0.05) is 37.5 Å². The highest BCUT2D eigenvalue weighted by molar-refractivity contribution is 14.0. The van der Waals surface area contributed by atoms with Gasteiger partial charge in [0.05, 0.1) is 12.7 Å². The molecule has 1 saturated heterocycles. The maximum absolute atomic E-state index is 12.7. The van der Waals surface area contributed by atoms with Crippen LogP contribution in [0.4, 0.5) is 0 Å². The van der Waals surface area contributed by atoms with E-state index in [1.54, 1.807) is 13.2 Å². The van der Waals surface area contributed by atoms with E-state index in [1.165, 1.54) is 19.3 Å². The molecule has 1 atom stereocenters. The Morgan fingerprint density at radius 2 is 2.00 bits per heavy atom. The van der Waals surface area contributed by atoms with Crippen LogP contribution in [-0.4, -0.2) is 47.9 Å². The number of hydrogen-bond donors (Lipinski definition) is 2. The van der Waals surface area contributed by atoms with Crippen LogP contribution in [0.1, 0.15) is 70.9 Å². The zero-order valence-corrected chi connectivity index (χ0v) is 20.5. The van der Waals surface area contributed by atoms with Crippen molar-refractivity contribution in [3.8, 4) is 0 Å². The Bertz CT molecular complexity index is 691. The molecule has 0 bridgehead atoms. The van der Waals surface area contributed by atoms with Gasteiger partial charge in [-0.1, -0.05) is 40.0 Å². The number of amides is 1. The van der Waals surface area contributed by atoms with Gasteiger partial charge in [-0.2, -0.15) is 0 Å². The number of aromatic nitrogens is 1. The van der Waals surface area contributed by atoms with Gasteiger partial charge in [-0.05, 0) is 19.3 Å². The van der Waals surface area contributed by atoms with Crippen LogP contribution in [0.2, 0.25) is 0 Å². The minimum Gasteiger partial charge on any atom is -0.443 e. The Morgan fingerprint density at radius 3 is 2.62 bits per heavy atom. The molecule has 1 amide bonds. The van der Waals surface area contributed by atoms with Gasteiger partial charge in [-0.25, -0.2) is 4.98 Å². The molecule has 1 saturated carbocycles. The van der Waals surface area contributed by atoms with Crippen molar-refractivity contribution in [2.75, 3.05) is 20.1 Å². The Morgan fingerprint density at radius 1 is 1.28 bits per heavy atom. The fraction of sp³-hybridized carbons (Fsp3) is 0.762. The lowest BCUT2D eigenvalue weighted by Gasteiger charge is -2.26. The van der Waals surface area contributed by atoms with Crippen LogP contribution in [0.3, 0.4) is 0 Å². The number of hydrogen-bond acceptors (Lipinski definition) is 4. The van der Waals surface area contributed by atoms with Gasteiger partial charge in [-0.15, -0.1) is 24.0 Å². The number of carbonyl (C=O) groups is 1. The topological polar surface area (TPSA) is 82.8 Å². The average Bonchev–Trinajstić information content (AvgIpc) is 3.34. The lowest BCUT2D eigenvalue weighted by atomic mass is 9.88. The maximum Gasteiger partial charge on any atom is 0.225 e. The lowest BCUT2D eigenvalue weighted by Crippen LogP contribution is -2.45. The van der Waals surface area contributed by atoms with Crippen LogP contribution >= 0.6 is 24.0 Å². The van der Waals surface area contributed by atoms with E-state index in [1.807, 2.05) is 4.90 Å². The van der Waals surface area contributed by atoms with Crippen molar-refractivity contribution >= 4 is 35.8 Å². The third-order valence-electron chi connectivity index (χ3n) is 5.72. The van der Waals surface area contributed by atoms with E-state index in [0.717, 1.165) is 38.1 Å². The van der Waals surface area contributed by atoms with E-state index >= 15 is 0 Å². The maximum atomic E-state index is 12.7. The first kappa shape index (κ1) is 24.0. The number of halogens is 1. The summed E-state index contributed by atoms with van der Waals surface area (Å²) in [5, 5.41) is 6.70. The Labute approximate surface area is 191 Å². The number of aliphatic imine (C=N–C) groups is 1. The summed E-state index contributed by atoms with van der Waals surface area (Å²) in [7, 11) is 1.76. The molecule has 164 valence electrons. The first-order chi connectivity index (χ1) is 13.4. The van der Waals surface area contributed by atoms with Crippen LogP contribution in [-0.2, 0) is 16.8 Å². The van der Waals surface area contributed by atoms with E-state index in [9.17, 15) is 4.79 Å². The highest BCUT2D eigenvalue weighted by Crippen LogP contribution is 2.27. The molecule has 2 N–H and O–H groups in total. The summed E-state index contributed by atoms with van der Waals surface area (Å²) in [6.07, 6.45) is 8.52. The van der Waals surface area contributed by atoms with Crippen molar-refractivity contribution in [2.24, 2.45) is 10.9 Å². The van der Waals surface area contributed by atoms with E-state index in [0.29, 0.717) is 24.3 Å². The largest absolute Gasteiger partial charge is 0.443 e. The molecule has 2 fully saturated rings. The molecule has 2 heterocycles. The predicted octanol–water partition coefficient (Wildman–Crippen LogP) is 3.44. The number of nitrogens with zero attached hydrogens (tertiary/aromatic N) is 3. The second-order valence-electron chi connectivity index (χ2n) is 9.04. The van der Waals surface area contributed by atoms with Crippen molar-refractivity contribution in [1.29, 1.82) is 0 Å². The van der Waals surface area contributed by atoms with Gasteiger partial charge >= 0.3 is 0 Å². The number of rotatable bonds is 4. The fourth-order valence-corrected chi connectivity index (χ4v) is 3.97. The van der Waals surface area contributed by atoms with Crippen LogP contribution in [0.5, 0.6) is 0 Å². The smallest absolute Gasteiger partial charge is 0.225 e. The Kier molecular flexibility index (Phi) is 8.78. The summed E-state index contributed by atoms with van der Waals surface area (Å²) in [5.74, 6) is 2.83. The normalized spacial score (nSPS) is 21.0. The van der Waals surface area contributed by atoms with E-state index < -0.39 is 0 Å². The first-order valence-electron chi connectivity index (χ1n) is 10.6. The molecule has 2 aliphatic rings. The second-order valence-corrected chi connectivity index (χ2v) is 9.04. The van der Waals surface area contributed by atoms with Crippen LogP contribution < -0.4 is 10.6 Å². The van der Waals surface area contributed by atoms with Gasteiger partial charge in [0.25, 0.3) is 0 Å². The monoisotopic (exact) mass is 517 g/mol. The van der Waals surface area contributed by atoms with Crippen LogP contribution in [0.25, 0.3) is 0 Å². The molecule has 29 heavy (non-hydrogen) atoms. The number of carbonyl (C=O) groups excluding carboxylic acids is 1. The summed E-state index contributed by atoms with van der Waals surface area (Å²) < 4.78 is 5.82.